The van der Waals surface area contributed by atoms with Crippen molar-refractivity contribution in [2.24, 2.45) is 11.8 Å². The highest BCUT2D eigenvalue weighted by Gasteiger charge is 2.33. The molecule has 2 rings (SSSR count). The van der Waals surface area contributed by atoms with Gasteiger partial charge in [-0.25, -0.2) is 0 Å². The number of nitrogens with zero attached hydrogens (tertiary/aromatic N) is 2. The van der Waals surface area contributed by atoms with Crippen LogP contribution in [-0.2, 0) is 0 Å². The fraction of sp³-hybridized carbons (Fsp3) is 1.00. The van der Waals surface area contributed by atoms with Crippen molar-refractivity contribution in [1.82, 2.24) is 9.62 Å². The van der Waals surface area contributed by atoms with Gasteiger partial charge in [-0.3, -0.25) is 0 Å². The lowest BCUT2D eigenvalue weighted by molar-refractivity contribution is 0.234. The molecule has 0 aromatic heterocycles. The topological polar surface area (TPSA) is 6.48 Å². The molecular formula is C7H16B2N2. The molecule has 0 amide bonds. The van der Waals surface area contributed by atoms with E-state index in [1.807, 2.05) is 0 Å². The Balaban J connectivity index is 1.97. The molecule has 0 bridgehead atoms. The molecular weight excluding hydrogens is 134 g/mol. The Labute approximate surface area is 70.8 Å². The highest BCUT2D eigenvalue weighted by atomic mass is 15.1. The molecule has 0 aliphatic carbocycles. The number of hydrogen-bond donors (Lipinski definition) is 0. The maximum absolute atomic E-state index is 2.48. The van der Waals surface area contributed by atoms with E-state index in [1.54, 1.807) is 0 Å². The normalized spacial score (nSPS) is 40.7. The smallest absolute Gasteiger partial charge is 0.185 e. The molecule has 0 saturated carbocycles. The van der Waals surface area contributed by atoms with Crippen molar-refractivity contribution in [3.05, 3.63) is 0 Å². The molecule has 0 unspecified atom stereocenters. The Hall–Kier alpha value is 0.0499. The Morgan fingerprint density at radius 2 is 1.55 bits per heavy atom. The third-order valence-corrected chi connectivity index (χ3v) is 3.19. The Bertz CT molecular complexity index is 153. The van der Waals surface area contributed by atoms with Crippen molar-refractivity contribution in [2.75, 3.05) is 26.2 Å². The van der Waals surface area contributed by atoms with Crippen LogP contribution in [0.1, 0.15) is 6.42 Å². The summed E-state index contributed by atoms with van der Waals surface area (Å²) in [5.74, 6) is 1.98. The van der Waals surface area contributed by atoms with Gasteiger partial charge in [-0.05, 0) is 44.4 Å². The van der Waals surface area contributed by atoms with Gasteiger partial charge in [0.25, 0.3) is 0 Å². The average molecular weight is 150 g/mol. The first kappa shape index (κ1) is 7.69. The predicted octanol–water partition coefficient (Wildman–Crippen LogP) is -1.66. The third kappa shape index (κ3) is 1.47. The molecule has 2 atom stereocenters. The average Bonchev–Trinajstić information content (AvgIpc) is 2.27. The highest BCUT2D eigenvalue weighted by molar-refractivity contribution is 6.05. The molecule has 0 aromatic rings. The van der Waals surface area contributed by atoms with Gasteiger partial charge in [0.15, 0.2) is 16.0 Å². The van der Waals surface area contributed by atoms with Crippen LogP contribution < -0.4 is 0 Å². The molecule has 0 N–H and O–H groups in total. The molecule has 2 fully saturated rings. The van der Waals surface area contributed by atoms with E-state index in [0.29, 0.717) is 0 Å². The Morgan fingerprint density at radius 1 is 0.909 bits per heavy atom. The van der Waals surface area contributed by atoms with E-state index in [-0.39, 0.29) is 0 Å². The maximum atomic E-state index is 2.48. The van der Waals surface area contributed by atoms with Gasteiger partial charge in [-0.15, -0.1) is 0 Å². The van der Waals surface area contributed by atoms with Crippen molar-refractivity contribution in [3.8, 4) is 0 Å². The summed E-state index contributed by atoms with van der Waals surface area (Å²) in [7, 11) is 4.49. The molecule has 2 heterocycles. The lowest BCUT2D eigenvalue weighted by Gasteiger charge is -2.31. The van der Waals surface area contributed by atoms with Gasteiger partial charge >= 0.3 is 0 Å². The molecule has 0 spiro atoms. The van der Waals surface area contributed by atoms with Crippen LogP contribution in [0.5, 0.6) is 0 Å². The number of rotatable bonds is 0. The second-order valence-corrected chi connectivity index (χ2v) is 4.29. The predicted molar refractivity (Wildman–Crippen MR) is 51.8 cm³/mol. The second-order valence-electron chi connectivity index (χ2n) is 4.29. The van der Waals surface area contributed by atoms with Gasteiger partial charge in [0, 0.05) is 0 Å². The van der Waals surface area contributed by atoms with E-state index >= 15 is 0 Å². The molecule has 60 valence electrons. The van der Waals surface area contributed by atoms with Crippen molar-refractivity contribution in [3.63, 3.8) is 0 Å². The van der Waals surface area contributed by atoms with Crippen LogP contribution in [0.25, 0.3) is 0 Å². The summed E-state index contributed by atoms with van der Waals surface area (Å²) >= 11 is 0. The summed E-state index contributed by atoms with van der Waals surface area (Å²) in [5.41, 5.74) is 0. The van der Waals surface area contributed by atoms with E-state index in [0.717, 1.165) is 11.8 Å². The quantitative estimate of drug-likeness (QED) is 0.381. The van der Waals surface area contributed by atoms with E-state index < -0.39 is 0 Å². The van der Waals surface area contributed by atoms with Gasteiger partial charge < -0.3 is 9.62 Å². The standard InChI is InChI=1S/C7H16B2N2/c8-10-2-1-6-3-11(9)5-7(6)4-10/h6-7H,1-5,8-9H2/t6-,7+/m1/s1. The van der Waals surface area contributed by atoms with Gasteiger partial charge in [0.1, 0.15) is 0 Å². The van der Waals surface area contributed by atoms with Crippen LogP contribution in [-0.4, -0.2) is 51.8 Å². The summed E-state index contributed by atoms with van der Waals surface area (Å²) in [6.45, 7) is 5.32. The first-order chi connectivity index (χ1) is 5.25. The monoisotopic (exact) mass is 150 g/mol. The molecule has 2 nitrogen and oxygen atoms in total. The zero-order valence-electron chi connectivity index (χ0n) is 7.58. The van der Waals surface area contributed by atoms with Crippen molar-refractivity contribution in [1.29, 1.82) is 0 Å². The summed E-state index contributed by atoms with van der Waals surface area (Å²) in [6, 6.07) is 0. The van der Waals surface area contributed by atoms with Gasteiger partial charge in [0.05, 0.1) is 0 Å². The van der Waals surface area contributed by atoms with Gasteiger partial charge in [-0.1, -0.05) is 0 Å². The molecule has 4 heteroatoms. The molecule has 11 heavy (non-hydrogen) atoms. The zero-order valence-corrected chi connectivity index (χ0v) is 7.58. The van der Waals surface area contributed by atoms with E-state index in [1.165, 1.54) is 32.6 Å². The third-order valence-electron chi connectivity index (χ3n) is 3.19. The van der Waals surface area contributed by atoms with Crippen LogP contribution in [0.3, 0.4) is 0 Å². The molecule has 0 radical (unpaired) electrons. The largest absolute Gasteiger partial charge is 0.348 e. The van der Waals surface area contributed by atoms with Gasteiger partial charge in [-0.2, -0.15) is 0 Å². The molecule has 0 aromatic carbocycles. The van der Waals surface area contributed by atoms with E-state index in [2.05, 4.69) is 25.6 Å². The number of piperidine rings is 1. The van der Waals surface area contributed by atoms with Crippen LogP contribution in [0.15, 0.2) is 0 Å². The van der Waals surface area contributed by atoms with Crippen LogP contribution in [0.2, 0.25) is 0 Å². The summed E-state index contributed by atoms with van der Waals surface area (Å²) in [5, 5.41) is 0. The van der Waals surface area contributed by atoms with Crippen LogP contribution >= 0.6 is 0 Å². The minimum atomic E-state index is 0.971. The molecule has 2 aliphatic rings. The molecule has 2 aliphatic heterocycles. The van der Waals surface area contributed by atoms with Crippen molar-refractivity contribution in [2.45, 2.75) is 6.42 Å². The first-order valence-electron chi connectivity index (χ1n) is 4.63. The summed E-state index contributed by atoms with van der Waals surface area (Å²) < 4.78 is 0. The molecule has 2 saturated heterocycles. The number of fused-ring (bicyclic) bond motifs is 1. The lowest BCUT2D eigenvalue weighted by Crippen LogP contribution is -2.38. The fourth-order valence-electron chi connectivity index (χ4n) is 2.58. The first-order valence-corrected chi connectivity index (χ1v) is 4.63. The summed E-state index contributed by atoms with van der Waals surface area (Å²) in [6.07, 6.45) is 1.42. The SMILES string of the molecule is BN1CC[C@@H]2CN(B)C[C@@H]2C1. The Kier molecular flexibility index (Phi) is 1.98. The van der Waals surface area contributed by atoms with E-state index in [9.17, 15) is 0 Å². The maximum Gasteiger partial charge on any atom is 0.185 e. The van der Waals surface area contributed by atoms with Crippen LogP contribution in [0, 0.1) is 11.8 Å². The lowest BCUT2D eigenvalue weighted by atomic mass is 9.87. The van der Waals surface area contributed by atoms with Crippen molar-refractivity contribution < 1.29 is 0 Å². The minimum Gasteiger partial charge on any atom is -0.348 e. The Morgan fingerprint density at radius 3 is 2.36 bits per heavy atom. The second kappa shape index (κ2) is 2.83. The minimum absolute atomic E-state index is 0.971. The number of hydrogen-bond acceptors (Lipinski definition) is 2. The van der Waals surface area contributed by atoms with Crippen molar-refractivity contribution >= 4 is 16.0 Å². The zero-order chi connectivity index (χ0) is 7.84. The van der Waals surface area contributed by atoms with E-state index in [4.69, 9.17) is 0 Å². The van der Waals surface area contributed by atoms with Crippen LogP contribution in [0.4, 0.5) is 0 Å². The summed E-state index contributed by atoms with van der Waals surface area (Å²) in [4.78, 5) is 4.95. The van der Waals surface area contributed by atoms with Gasteiger partial charge in [0.2, 0.25) is 0 Å². The fourth-order valence-corrected chi connectivity index (χ4v) is 2.58. The highest BCUT2D eigenvalue weighted by Crippen LogP contribution is 2.28.